The number of aliphatic hydroxyl groups is 1. The number of likely N-dealkylation sites (N-methyl/N-ethyl adjacent to an activating group) is 1. The van der Waals surface area contributed by atoms with E-state index in [1.807, 2.05) is 0 Å². The van der Waals surface area contributed by atoms with Crippen LogP contribution in [0.1, 0.15) is 133 Å². The normalized spacial score (nSPS) is 48.7. The highest BCUT2D eigenvalue weighted by Gasteiger charge is 2.72. The Balaban J connectivity index is 1.12. The summed E-state index contributed by atoms with van der Waals surface area (Å²) >= 11 is 0. The lowest BCUT2D eigenvalue weighted by Gasteiger charge is -2.72. The molecule has 0 spiro atoms. The number of rotatable bonds is 5. The summed E-state index contributed by atoms with van der Waals surface area (Å²) in [6, 6.07) is 0.0478. The van der Waals surface area contributed by atoms with Crippen LogP contribution in [0.25, 0.3) is 0 Å². The molecule has 12 atom stereocenters. The molecule has 2 amide bonds. The van der Waals surface area contributed by atoms with Crippen molar-refractivity contribution in [2.24, 2.45) is 68.0 Å². The molecule has 0 aromatic carbocycles. The Morgan fingerprint density at radius 2 is 1.49 bits per heavy atom. The molecule has 6 saturated carbocycles. The summed E-state index contributed by atoms with van der Waals surface area (Å²) in [7, 11) is 0. The molecule has 12 unspecified atom stereocenters. The van der Waals surface area contributed by atoms with Gasteiger partial charge in [0.05, 0.1) is 11.5 Å². The topological polar surface area (TPSA) is 72.9 Å². The van der Waals surface area contributed by atoms with Crippen LogP contribution in [0, 0.1) is 68.0 Å². The molecular formula is C43H71N3O3. The van der Waals surface area contributed by atoms with Crippen LogP contribution in [0.2, 0.25) is 0 Å². The van der Waals surface area contributed by atoms with Gasteiger partial charge in [0.15, 0.2) is 0 Å². The number of nitrogens with one attached hydrogen (secondary N) is 1. The highest BCUT2D eigenvalue weighted by molar-refractivity contribution is 5.86. The minimum Gasteiger partial charge on any atom is -0.393 e. The summed E-state index contributed by atoms with van der Waals surface area (Å²) in [5.74, 6) is 3.05. The summed E-state index contributed by atoms with van der Waals surface area (Å²) < 4.78 is 0. The van der Waals surface area contributed by atoms with Crippen molar-refractivity contribution in [2.45, 2.75) is 145 Å². The summed E-state index contributed by atoms with van der Waals surface area (Å²) in [5, 5.41) is 14.8. The number of piperazine rings is 1. The van der Waals surface area contributed by atoms with Gasteiger partial charge in [-0.1, -0.05) is 67.5 Å². The fraction of sp³-hybridized carbons (Fsp3) is 0.907. The van der Waals surface area contributed by atoms with Gasteiger partial charge >= 0.3 is 0 Å². The standard InChI is InChI=1S/C43H71N3O3/c1-11-45-22-24-46(25-23-45)36(48)30-26-33(38(30,4)5)44-37(49)43-19-14-28(27(2)3)35(43)29-12-13-32-40(8)17-16-34(47)39(6,7)31(40)15-18-42(32,10)41(29,9)20-21-43/h28-35,47H,2,11-26H2,1,3-10H3,(H,44,49). The van der Waals surface area contributed by atoms with Gasteiger partial charge in [-0.3, -0.25) is 9.59 Å². The van der Waals surface area contributed by atoms with Gasteiger partial charge in [-0.25, -0.2) is 0 Å². The summed E-state index contributed by atoms with van der Waals surface area (Å²) in [4.78, 5) is 33.1. The number of fused-ring (bicyclic) bond motifs is 7. The Bertz CT molecular complexity index is 1350. The van der Waals surface area contributed by atoms with Gasteiger partial charge in [0.2, 0.25) is 11.8 Å². The van der Waals surface area contributed by atoms with Crippen molar-refractivity contribution in [3.63, 3.8) is 0 Å². The summed E-state index contributed by atoms with van der Waals surface area (Å²) in [6.45, 7) is 30.6. The molecule has 0 aromatic rings. The minimum atomic E-state index is -0.337. The molecule has 0 aromatic heterocycles. The fourth-order valence-electron chi connectivity index (χ4n) is 14.9. The Kier molecular flexibility index (Phi) is 8.67. The monoisotopic (exact) mass is 678 g/mol. The van der Waals surface area contributed by atoms with E-state index in [1.54, 1.807) is 0 Å². The molecule has 1 aliphatic heterocycles. The molecule has 6 nitrogen and oxygen atoms in total. The van der Waals surface area contributed by atoms with Gasteiger partial charge in [0.1, 0.15) is 0 Å². The van der Waals surface area contributed by atoms with Gasteiger partial charge in [-0.05, 0) is 141 Å². The third kappa shape index (κ3) is 4.90. The second-order valence-electron chi connectivity index (χ2n) is 20.6. The number of hydrogen-bond donors (Lipinski definition) is 2. The molecular weight excluding hydrogens is 606 g/mol. The van der Waals surface area contributed by atoms with Crippen molar-refractivity contribution in [3.8, 4) is 0 Å². The second kappa shape index (κ2) is 11.8. The van der Waals surface area contributed by atoms with Crippen LogP contribution >= 0.6 is 0 Å². The molecule has 1 heterocycles. The van der Waals surface area contributed by atoms with Crippen molar-refractivity contribution < 1.29 is 14.7 Å². The highest BCUT2D eigenvalue weighted by atomic mass is 16.3. The predicted octanol–water partition coefficient (Wildman–Crippen LogP) is 7.70. The number of hydrogen-bond acceptors (Lipinski definition) is 4. The maximum Gasteiger partial charge on any atom is 0.226 e. The average molecular weight is 678 g/mol. The Morgan fingerprint density at radius 3 is 2.12 bits per heavy atom. The van der Waals surface area contributed by atoms with Crippen molar-refractivity contribution >= 4 is 11.8 Å². The number of carbonyl (C=O) groups excluding carboxylic acids is 2. The van der Waals surface area contributed by atoms with Crippen molar-refractivity contribution in [1.29, 1.82) is 0 Å². The Labute approximate surface area is 299 Å². The molecule has 276 valence electrons. The van der Waals surface area contributed by atoms with Crippen LogP contribution in [-0.2, 0) is 9.59 Å². The van der Waals surface area contributed by atoms with E-state index in [0.717, 1.165) is 77.7 Å². The van der Waals surface area contributed by atoms with E-state index in [2.05, 4.69) is 84.0 Å². The first-order valence-electron chi connectivity index (χ1n) is 20.5. The first-order chi connectivity index (χ1) is 22.9. The van der Waals surface area contributed by atoms with Gasteiger partial charge in [0.25, 0.3) is 0 Å². The lowest BCUT2D eigenvalue weighted by molar-refractivity contribution is -0.246. The van der Waals surface area contributed by atoms with Gasteiger partial charge < -0.3 is 20.2 Å². The van der Waals surface area contributed by atoms with E-state index < -0.39 is 0 Å². The van der Waals surface area contributed by atoms with E-state index in [9.17, 15) is 14.7 Å². The zero-order valence-corrected chi connectivity index (χ0v) is 32.8. The summed E-state index contributed by atoms with van der Waals surface area (Å²) in [6.07, 6.45) is 11.7. The lowest BCUT2D eigenvalue weighted by atomic mass is 9.32. The molecule has 7 rings (SSSR count). The SMILES string of the molecule is C=C(C)C1CCC2(C(=O)NC3CC(C(=O)N4CCN(CC)CC4)C3(C)C)CCC3(C)C(CCC4C5(C)CCC(O)C(C)(C)C5CCC43C)C12. The second-order valence-corrected chi connectivity index (χ2v) is 20.6. The average Bonchev–Trinajstić information content (AvgIpc) is 3.46. The Hall–Kier alpha value is -1.40. The van der Waals surface area contributed by atoms with Gasteiger partial charge in [-0.15, -0.1) is 0 Å². The van der Waals surface area contributed by atoms with E-state index in [0.29, 0.717) is 35.5 Å². The van der Waals surface area contributed by atoms with E-state index in [-0.39, 0.29) is 56.5 Å². The van der Waals surface area contributed by atoms with Crippen LogP contribution in [0.4, 0.5) is 0 Å². The quantitative estimate of drug-likeness (QED) is 0.293. The van der Waals surface area contributed by atoms with Crippen LogP contribution in [-0.4, -0.2) is 71.6 Å². The molecule has 0 bridgehead atoms. The third-order valence-electron chi connectivity index (χ3n) is 18.5. The third-order valence-corrected chi connectivity index (χ3v) is 18.5. The van der Waals surface area contributed by atoms with Crippen LogP contribution in [0.15, 0.2) is 12.2 Å². The number of aliphatic hydroxyl groups excluding tert-OH is 1. The first kappa shape index (κ1) is 36.0. The van der Waals surface area contributed by atoms with Crippen molar-refractivity contribution in [1.82, 2.24) is 15.1 Å². The zero-order chi connectivity index (χ0) is 35.5. The first-order valence-corrected chi connectivity index (χ1v) is 20.5. The molecule has 0 radical (unpaired) electrons. The molecule has 2 N–H and O–H groups in total. The highest BCUT2D eigenvalue weighted by Crippen LogP contribution is 2.77. The number of amides is 2. The zero-order valence-electron chi connectivity index (χ0n) is 32.8. The fourth-order valence-corrected chi connectivity index (χ4v) is 14.9. The summed E-state index contributed by atoms with van der Waals surface area (Å²) in [5.41, 5.74) is 1.33. The molecule has 7 fully saturated rings. The van der Waals surface area contributed by atoms with Crippen LogP contribution in [0.3, 0.4) is 0 Å². The lowest BCUT2D eigenvalue weighted by Crippen LogP contribution is -2.68. The molecule has 6 aliphatic carbocycles. The van der Waals surface area contributed by atoms with Crippen LogP contribution < -0.4 is 5.32 Å². The van der Waals surface area contributed by atoms with Crippen LogP contribution in [0.5, 0.6) is 0 Å². The van der Waals surface area contributed by atoms with Crippen molar-refractivity contribution in [2.75, 3.05) is 32.7 Å². The largest absolute Gasteiger partial charge is 0.393 e. The maximum atomic E-state index is 14.9. The molecule has 6 heteroatoms. The molecule has 7 aliphatic rings. The Morgan fingerprint density at radius 1 is 0.796 bits per heavy atom. The number of allylic oxidation sites excluding steroid dienone is 1. The molecule has 1 saturated heterocycles. The van der Waals surface area contributed by atoms with Gasteiger partial charge in [0, 0.05) is 38.1 Å². The van der Waals surface area contributed by atoms with Crippen molar-refractivity contribution in [3.05, 3.63) is 12.2 Å². The van der Waals surface area contributed by atoms with E-state index in [1.165, 1.54) is 31.3 Å². The number of carbonyl (C=O) groups is 2. The minimum absolute atomic E-state index is 0.0155. The molecule has 49 heavy (non-hydrogen) atoms. The smallest absolute Gasteiger partial charge is 0.226 e. The predicted molar refractivity (Wildman–Crippen MR) is 197 cm³/mol. The maximum absolute atomic E-state index is 14.9. The van der Waals surface area contributed by atoms with Gasteiger partial charge in [-0.2, -0.15) is 0 Å². The van der Waals surface area contributed by atoms with E-state index in [4.69, 9.17) is 0 Å². The van der Waals surface area contributed by atoms with E-state index >= 15 is 0 Å². The number of nitrogens with zero attached hydrogens (tertiary/aromatic N) is 2.